The molecule has 0 saturated heterocycles. The van der Waals surface area contributed by atoms with Crippen LogP contribution in [0.1, 0.15) is 44.2 Å². The largest absolute Gasteiger partial charge is 0.454 e. The van der Waals surface area contributed by atoms with Crippen LogP contribution in [0.4, 0.5) is 5.69 Å². The van der Waals surface area contributed by atoms with Crippen LogP contribution in [0.2, 0.25) is 0 Å². The van der Waals surface area contributed by atoms with E-state index in [0.717, 1.165) is 28.3 Å². The monoisotopic (exact) mass is 671 g/mol. The van der Waals surface area contributed by atoms with Gasteiger partial charge in [0.15, 0.2) is 11.5 Å². The van der Waals surface area contributed by atoms with E-state index < -0.39 is 16.1 Å². The number of ether oxygens (including phenoxy) is 2. The highest BCUT2D eigenvalue weighted by Crippen LogP contribution is 2.36. The van der Waals surface area contributed by atoms with Crippen LogP contribution in [-0.4, -0.2) is 56.8 Å². The Bertz CT molecular complexity index is 1520. The third-order valence-corrected chi connectivity index (χ3v) is 9.00. The summed E-state index contributed by atoms with van der Waals surface area (Å²) in [4.78, 5) is 29.3. The highest BCUT2D eigenvalue weighted by Gasteiger charge is 2.31. The van der Waals surface area contributed by atoms with Gasteiger partial charge in [-0.05, 0) is 55.2 Å². The second-order valence-electron chi connectivity index (χ2n) is 10.7. The van der Waals surface area contributed by atoms with Crippen LogP contribution in [0.25, 0.3) is 0 Å². The first kappa shape index (κ1) is 32.3. The highest BCUT2D eigenvalue weighted by molar-refractivity contribution is 9.10. The van der Waals surface area contributed by atoms with Gasteiger partial charge in [0.2, 0.25) is 28.6 Å². The molecule has 1 aliphatic rings. The summed E-state index contributed by atoms with van der Waals surface area (Å²) in [5.74, 6) is 0.563. The van der Waals surface area contributed by atoms with Crippen LogP contribution in [-0.2, 0) is 32.6 Å². The van der Waals surface area contributed by atoms with E-state index in [1.165, 1.54) is 4.31 Å². The SMILES string of the molecule is CC[C@@H](C)NC(=O)[C@@H](Cc1ccccc1)N(Cc1cccc(Br)c1)C(=O)CCCN(c1ccc2c(c1)OCO2)S(C)(=O)=O. The third-order valence-electron chi connectivity index (χ3n) is 7.31. The number of nitrogens with one attached hydrogen (secondary N) is 1. The molecule has 11 heteroatoms. The molecule has 2 atom stereocenters. The maximum atomic E-state index is 14.0. The Kier molecular flexibility index (Phi) is 11.1. The molecule has 0 unspecified atom stereocenters. The van der Waals surface area contributed by atoms with Crippen molar-refractivity contribution in [1.82, 2.24) is 10.2 Å². The van der Waals surface area contributed by atoms with E-state index in [-0.39, 0.29) is 50.6 Å². The predicted octanol–water partition coefficient (Wildman–Crippen LogP) is 5.28. The van der Waals surface area contributed by atoms with Crippen molar-refractivity contribution < 1.29 is 27.5 Å². The van der Waals surface area contributed by atoms with Crippen molar-refractivity contribution in [3.8, 4) is 11.5 Å². The molecule has 2 amide bonds. The van der Waals surface area contributed by atoms with Crippen molar-refractivity contribution >= 4 is 43.5 Å². The number of hydrogen-bond donors (Lipinski definition) is 1. The van der Waals surface area contributed by atoms with E-state index in [9.17, 15) is 18.0 Å². The van der Waals surface area contributed by atoms with Gasteiger partial charge in [0.25, 0.3) is 0 Å². The number of sulfonamides is 1. The van der Waals surface area contributed by atoms with Crippen molar-refractivity contribution in [2.24, 2.45) is 0 Å². The van der Waals surface area contributed by atoms with Crippen LogP contribution in [0.15, 0.2) is 77.3 Å². The van der Waals surface area contributed by atoms with E-state index in [0.29, 0.717) is 23.6 Å². The topological polar surface area (TPSA) is 105 Å². The van der Waals surface area contributed by atoms with Crippen LogP contribution in [0, 0.1) is 0 Å². The molecule has 0 saturated carbocycles. The molecule has 4 rings (SSSR count). The number of carbonyl (C=O) groups is 2. The number of benzene rings is 3. The molecular formula is C32H38BrN3O6S. The van der Waals surface area contributed by atoms with Crippen LogP contribution >= 0.6 is 15.9 Å². The molecule has 0 radical (unpaired) electrons. The van der Waals surface area contributed by atoms with Crippen molar-refractivity contribution in [1.29, 1.82) is 0 Å². The first-order valence-electron chi connectivity index (χ1n) is 14.3. The second-order valence-corrected chi connectivity index (χ2v) is 13.5. The maximum absolute atomic E-state index is 14.0. The minimum Gasteiger partial charge on any atom is -0.454 e. The third kappa shape index (κ3) is 8.96. The van der Waals surface area contributed by atoms with Crippen molar-refractivity contribution in [3.05, 3.63) is 88.4 Å². The predicted molar refractivity (Wildman–Crippen MR) is 171 cm³/mol. The Labute approximate surface area is 262 Å². The molecule has 230 valence electrons. The average molecular weight is 673 g/mol. The molecule has 43 heavy (non-hydrogen) atoms. The lowest BCUT2D eigenvalue weighted by Gasteiger charge is -2.32. The summed E-state index contributed by atoms with van der Waals surface area (Å²) in [6, 6.07) is 21.4. The van der Waals surface area contributed by atoms with Gasteiger partial charge in [0, 0.05) is 42.5 Å². The van der Waals surface area contributed by atoms with E-state index in [1.807, 2.05) is 68.4 Å². The molecule has 0 aromatic heterocycles. The molecule has 0 fully saturated rings. The summed E-state index contributed by atoms with van der Waals surface area (Å²) >= 11 is 3.51. The zero-order valence-corrected chi connectivity index (χ0v) is 27.1. The minimum absolute atomic E-state index is 0.0481. The Morgan fingerprint density at radius 1 is 0.977 bits per heavy atom. The lowest BCUT2D eigenvalue weighted by molar-refractivity contribution is -0.141. The van der Waals surface area contributed by atoms with Crippen molar-refractivity contribution in [2.45, 2.75) is 58.2 Å². The van der Waals surface area contributed by atoms with Crippen LogP contribution < -0.4 is 19.1 Å². The summed E-state index contributed by atoms with van der Waals surface area (Å²) < 4.78 is 38.4. The van der Waals surface area contributed by atoms with Gasteiger partial charge in [-0.2, -0.15) is 0 Å². The molecule has 1 heterocycles. The lowest BCUT2D eigenvalue weighted by atomic mass is 10.0. The molecule has 3 aromatic carbocycles. The molecular weight excluding hydrogens is 634 g/mol. The first-order chi connectivity index (χ1) is 20.5. The number of hydrogen-bond acceptors (Lipinski definition) is 6. The van der Waals surface area contributed by atoms with E-state index in [1.54, 1.807) is 23.1 Å². The van der Waals surface area contributed by atoms with Gasteiger partial charge in [0.05, 0.1) is 11.9 Å². The summed E-state index contributed by atoms with van der Waals surface area (Å²) in [7, 11) is -3.65. The molecule has 0 spiro atoms. The van der Waals surface area contributed by atoms with Gasteiger partial charge in [0.1, 0.15) is 6.04 Å². The number of halogens is 1. The van der Waals surface area contributed by atoms with E-state index >= 15 is 0 Å². The maximum Gasteiger partial charge on any atom is 0.243 e. The van der Waals surface area contributed by atoms with E-state index in [4.69, 9.17) is 9.47 Å². The fourth-order valence-electron chi connectivity index (χ4n) is 4.87. The van der Waals surface area contributed by atoms with Gasteiger partial charge in [-0.3, -0.25) is 13.9 Å². The zero-order chi connectivity index (χ0) is 31.0. The normalized spacial score (nSPS) is 13.7. The highest BCUT2D eigenvalue weighted by atomic mass is 79.9. The zero-order valence-electron chi connectivity index (χ0n) is 24.7. The van der Waals surface area contributed by atoms with Gasteiger partial charge in [-0.15, -0.1) is 0 Å². The standard InChI is InChI=1S/C32H38BrN3O6S/c1-4-23(2)34-32(38)28(19-24-10-6-5-7-11-24)35(21-25-12-8-13-26(33)18-25)31(37)14-9-17-36(43(3,39)40)27-15-16-29-30(20-27)42-22-41-29/h5-8,10-13,15-16,18,20,23,28H,4,9,14,17,19,21-22H2,1-3H3,(H,34,38)/t23-,28-/m1/s1. The Balaban J connectivity index is 1.58. The lowest BCUT2D eigenvalue weighted by Crippen LogP contribution is -2.52. The van der Waals surface area contributed by atoms with Crippen LogP contribution in [0.5, 0.6) is 11.5 Å². The summed E-state index contributed by atoms with van der Waals surface area (Å²) in [5, 5.41) is 3.07. The summed E-state index contributed by atoms with van der Waals surface area (Å²) in [5.41, 5.74) is 2.24. The number of anilines is 1. The minimum atomic E-state index is -3.65. The molecule has 3 aromatic rings. The average Bonchev–Trinajstić information content (AvgIpc) is 3.45. The first-order valence-corrected chi connectivity index (χ1v) is 16.9. The molecule has 1 N–H and O–H groups in total. The Morgan fingerprint density at radius 3 is 2.40 bits per heavy atom. The quantitative estimate of drug-likeness (QED) is 0.250. The summed E-state index contributed by atoms with van der Waals surface area (Å²) in [6.07, 6.45) is 2.53. The fraction of sp³-hybridized carbons (Fsp3) is 0.375. The smallest absolute Gasteiger partial charge is 0.243 e. The number of amides is 2. The Morgan fingerprint density at radius 2 is 1.70 bits per heavy atom. The van der Waals surface area contributed by atoms with Crippen molar-refractivity contribution in [2.75, 3.05) is 23.9 Å². The number of rotatable bonds is 14. The van der Waals surface area contributed by atoms with Crippen LogP contribution in [0.3, 0.4) is 0 Å². The van der Waals surface area contributed by atoms with Crippen molar-refractivity contribution in [3.63, 3.8) is 0 Å². The van der Waals surface area contributed by atoms with E-state index in [2.05, 4.69) is 21.2 Å². The molecule has 0 aliphatic carbocycles. The number of nitrogens with zero attached hydrogens (tertiary/aromatic N) is 2. The number of fused-ring (bicyclic) bond motifs is 1. The van der Waals surface area contributed by atoms with Gasteiger partial charge >= 0.3 is 0 Å². The molecule has 1 aliphatic heterocycles. The van der Waals surface area contributed by atoms with Gasteiger partial charge < -0.3 is 19.7 Å². The van der Waals surface area contributed by atoms with Gasteiger partial charge in [-0.1, -0.05) is 65.3 Å². The fourth-order valence-corrected chi connectivity index (χ4v) is 6.28. The summed E-state index contributed by atoms with van der Waals surface area (Å²) in [6.45, 7) is 4.32. The molecule has 9 nitrogen and oxygen atoms in total. The van der Waals surface area contributed by atoms with Gasteiger partial charge in [-0.25, -0.2) is 8.42 Å². The Hall–Kier alpha value is -3.57. The second kappa shape index (κ2) is 14.7. The number of carbonyl (C=O) groups excluding carboxylic acids is 2. The molecule has 0 bridgehead atoms.